The molecule has 1 fully saturated rings. The van der Waals surface area contributed by atoms with Gasteiger partial charge in [-0.1, -0.05) is 0 Å². The Kier molecular flexibility index (Phi) is 4.30. The van der Waals surface area contributed by atoms with Crippen LogP contribution in [0, 0.1) is 12.7 Å². The average molecular weight is 347 g/mol. The third-order valence-corrected chi connectivity index (χ3v) is 3.11. The molecule has 0 spiro atoms. The van der Waals surface area contributed by atoms with Crippen LogP contribution in [0.4, 0.5) is 23.2 Å². The Hall–Kier alpha value is -2.58. The first-order valence-electron chi connectivity index (χ1n) is 6.71. The molecule has 0 saturated carbocycles. The topological polar surface area (TPSA) is 64.6 Å². The molecule has 1 aromatic carbocycles. The number of aryl methyl sites for hydroxylation is 1. The second kappa shape index (κ2) is 5.81. The maximum Gasteiger partial charge on any atom is 0.416 e. The first kappa shape index (κ1) is 17.8. The second-order valence-electron chi connectivity index (χ2n) is 5.53. The average Bonchev–Trinajstić information content (AvgIpc) is 2.38. The first-order valence-corrected chi connectivity index (χ1v) is 6.71. The third kappa shape index (κ3) is 3.66. The lowest BCUT2D eigenvalue weighted by atomic mass is 10.1. The molecule has 24 heavy (non-hydrogen) atoms. The fourth-order valence-electron chi connectivity index (χ4n) is 2.03. The molecule has 0 bridgehead atoms. The lowest BCUT2D eigenvalue weighted by molar-refractivity contribution is -0.222. The molecule has 1 N–H and O–H groups in total. The number of rotatable bonds is 2. The van der Waals surface area contributed by atoms with E-state index in [0.29, 0.717) is 6.07 Å². The summed E-state index contributed by atoms with van der Waals surface area (Å²) in [6.45, 7) is 3.87. The van der Waals surface area contributed by atoms with Gasteiger partial charge < -0.3 is 14.8 Å². The molecule has 0 amide bonds. The number of halogens is 4. The molecule has 0 aromatic heterocycles. The monoisotopic (exact) mass is 347 g/mol. The van der Waals surface area contributed by atoms with E-state index in [9.17, 15) is 27.2 Å². The van der Waals surface area contributed by atoms with Crippen molar-refractivity contribution in [2.24, 2.45) is 0 Å². The van der Waals surface area contributed by atoms with Crippen LogP contribution in [0.5, 0.6) is 0 Å². The predicted molar refractivity (Wildman–Crippen MR) is 74.1 cm³/mol. The van der Waals surface area contributed by atoms with Gasteiger partial charge in [-0.2, -0.15) is 13.2 Å². The Morgan fingerprint density at radius 1 is 1.12 bits per heavy atom. The Labute approximate surface area is 134 Å². The van der Waals surface area contributed by atoms with Crippen molar-refractivity contribution in [3.63, 3.8) is 0 Å². The molecular weight excluding hydrogens is 334 g/mol. The molecule has 1 heterocycles. The molecule has 2 rings (SSSR count). The Morgan fingerprint density at radius 2 is 1.67 bits per heavy atom. The molecule has 1 aliphatic rings. The van der Waals surface area contributed by atoms with Gasteiger partial charge in [0.05, 0.1) is 11.3 Å². The predicted octanol–water partition coefficient (Wildman–Crippen LogP) is 3.28. The van der Waals surface area contributed by atoms with Crippen LogP contribution in [0.1, 0.15) is 25.0 Å². The van der Waals surface area contributed by atoms with E-state index in [0.717, 1.165) is 19.2 Å². The molecule has 9 heteroatoms. The van der Waals surface area contributed by atoms with Gasteiger partial charge in [-0.25, -0.2) is 14.0 Å². The van der Waals surface area contributed by atoms with Crippen LogP contribution in [-0.2, 0) is 25.2 Å². The number of hydrogen-bond donors (Lipinski definition) is 1. The number of carbonyl (C=O) groups is 2. The molecule has 130 valence electrons. The van der Waals surface area contributed by atoms with Crippen molar-refractivity contribution in [2.75, 3.05) is 5.32 Å². The van der Waals surface area contributed by atoms with Crippen molar-refractivity contribution in [3.05, 3.63) is 40.8 Å². The SMILES string of the molecule is Cc1cc(NC=C2C(=O)OC(C)(C)OC2=O)c(F)cc1C(F)(F)F. The number of hydrogen-bond acceptors (Lipinski definition) is 5. The van der Waals surface area contributed by atoms with E-state index in [4.69, 9.17) is 9.47 Å². The van der Waals surface area contributed by atoms with Crippen LogP contribution in [0.25, 0.3) is 0 Å². The summed E-state index contributed by atoms with van der Waals surface area (Å²) in [6, 6.07) is 1.25. The molecular formula is C15H13F4NO4. The summed E-state index contributed by atoms with van der Waals surface area (Å²) in [5, 5.41) is 2.28. The van der Waals surface area contributed by atoms with E-state index in [2.05, 4.69) is 5.32 Å². The van der Waals surface area contributed by atoms with Gasteiger partial charge in [0.15, 0.2) is 5.57 Å². The quantitative estimate of drug-likeness (QED) is 0.385. The molecule has 1 aromatic rings. The van der Waals surface area contributed by atoms with E-state index in [1.54, 1.807) is 0 Å². The molecule has 0 aliphatic carbocycles. The highest BCUT2D eigenvalue weighted by atomic mass is 19.4. The van der Waals surface area contributed by atoms with Gasteiger partial charge in [-0.3, -0.25) is 0 Å². The Morgan fingerprint density at radius 3 is 2.17 bits per heavy atom. The highest BCUT2D eigenvalue weighted by Gasteiger charge is 2.39. The lowest BCUT2D eigenvalue weighted by Gasteiger charge is -2.29. The number of anilines is 1. The standard InChI is InChI=1S/C15H13F4NO4/c1-7-4-11(10(16)5-9(7)15(17,18)19)20-6-8-12(21)23-14(2,3)24-13(8)22/h4-6,20H,1-3H3. The zero-order chi connectivity index (χ0) is 18.3. The number of esters is 2. The van der Waals surface area contributed by atoms with Gasteiger partial charge in [-0.15, -0.1) is 0 Å². The van der Waals surface area contributed by atoms with E-state index in [1.807, 2.05) is 0 Å². The highest BCUT2D eigenvalue weighted by Crippen LogP contribution is 2.34. The molecule has 0 unspecified atom stereocenters. The van der Waals surface area contributed by atoms with Crippen LogP contribution in [0.15, 0.2) is 23.9 Å². The summed E-state index contributed by atoms with van der Waals surface area (Å²) in [5.41, 5.74) is -2.21. The number of benzene rings is 1. The summed E-state index contributed by atoms with van der Waals surface area (Å²) in [4.78, 5) is 23.4. The summed E-state index contributed by atoms with van der Waals surface area (Å²) in [7, 11) is 0. The van der Waals surface area contributed by atoms with Crippen molar-refractivity contribution in [1.82, 2.24) is 0 Å². The van der Waals surface area contributed by atoms with Crippen LogP contribution in [-0.4, -0.2) is 17.7 Å². The van der Waals surface area contributed by atoms with Crippen LogP contribution in [0.3, 0.4) is 0 Å². The van der Waals surface area contributed by atoms with Gasteiger partial charge in [-0.05, 0) is 24.6 Å². The van der Waals surface area contributed by atoms with Crippen LogP contribution in [0.2, 0.25) is 0 Å². The molecule has 1 saturated heterocycles. The largest absolute Gasteiger partial charge is 0.419 e. The van der Waals surface area contributed by atoms with Gasteiger partial charge >= 0.3 is 18.1 Å². The van der Waals surface area contributed by atoms with Gasteiger partial charge in [0.25, 0.3) is 5.79 Å². The van der Waals surface area contributed by atoms with E-state index in [-0.39, 0.29) is 11.3 Å². The van der Waals surface area contributed by atoms with Crippen molar-refractivity contribution >= 4 is 17.6 Å². The summed E-state index contributed by atoms with van der Waals surface area (Å²) < 4.78 is 61.5. The Bertz CT molecular complexity index is 716. The van der Waals surface area contributed by atoms with Crippen molar-refractivity contribution in [2.45, 2.75) is 32.7 Å². The van der Waals surface area contributed by atoms with Crippen LogP contribution < -0.4 is 5.32 Å². The number of nitrogens with one attached hydrogen (secondary N) is 1. The van der Waals surface area contributed by atoms with Crippen molar-refractivity contribution in [1.29, 1.82) is 0 Å². The van der Waals surface area contributed by atoms with E-state index < -0.39 is 40.9 Å². The first-order chi connectivity index (χ1) is 10.9. The highest BCUT2D eigenvalue weighted by molar-refractivity contribution is 6.15. The summed E-state index contributed by atoms with van der Waals surface area (Å²) in [6.07, 6.45) is -3.87. The fraction of sp³-hybridized carbons (Fsp3) is 0.333. The van der Waals surface area contributed by atoms with Crippen molar-refractivity contribution in [3.8, 4) is 0 Å². The maximum absolute atomic E-state index is 13.8. The Balaban J connectivity index is 2.28. The number of cyclic esters (lactones) is 2. The third-order valence-electron chi connectivity index (χ3n) is 3.11. The molecule has 1 aliphatic heterocycles. The number of carbonyl (C=O) groups excluding carboxylic acids is 2. The number of ether oxygens (including phenoxy) is 2. The molecule has 5 nitrogen and oxygen atoms in total. The smallest absolute Gasteiger partial charge is 0.416 e. The maximum atomic E-state index is 13.8. The molecule has 0 atom stereocenters. The minimum absolute atomic E-state index is 0.222. The van der Waals surface area contributed by atoms with Gasteiger partial charge in [0, 0.05) is 20.0 Å². The van der Waals surface area contributed by atoms with Crippen LogP contribution >= 0.6 is 0 Å². The summed E-state index contributed by atoms with van der Waals surface area (Å²) in [5.74, 6) is -4.61. The minimum atomic E-state index is -4.69. The number of alkyl halides is 3. The van der Waals surface area contributed by atoms with Gasteiger partial charge in [0.2, 0.25) is 0 Å². The van der Waals surface area contributed by atoms with Gasteiger partial charge in [0.1, 0.15) is 5.82 Å². The minimum Gasteiger partial charge on any atom is -0.419 e. The van der Waals surface area contributed by atoms with E-state index in [1.165, 1.54) is 13.8 Å². The van der Waals surface area contributed by atoms with E-state index >= 15 is 0 Å². The molecule has 0 radical (unpaired) electrons. The zero-order valence-electron chi connectivity index (χ0n) is 12.9. The summed E-state index contributed by atoms with van der Waals surface area (Å²) >= 11 is 0. The second-order valence-corrected chi connectivity index (χ2v) is 5.53. The normalized spacial score (nSPS) is 17.2. The fourth-order valence-corrected chi connectivity index (χ4v) is 2.03. The zero-order valence-corrected chi connectivity index (χ0v) is 12.9. The van der Waals surface area contributed by atoms with Crippen molar-refractivity contribution < 1.29 is 36.6 Å². The lowest BCUT2D eigenvalue weighted by Crippen LogP contribution is -2.42.